The predicted octanol–water partition coefficient (Wildman–Crippen LogP) is 15.4. The van der Waals surface area contributed by atoms with Crippen LogP contribution in [0.1, 0.15) is 172 Å². The van der Waals surface area contributed by atoms with Gasteiger partial charge >= 0.3 is 0 Å². The lowest BCUT2D eigenvalue weighted by Crippen LogP contribution is -2.17. The van der Waals surface area contributed by atoms with Crippen molar-refractivity contribution in [2.45, 2.75) is 157 Å². The maximum Gasteiger partial charge on any atom is 0.126 e. The summed E-state index contributed by atoms with van der Waals surface area (Å²) in [6.07, 6.45) is 16.9. The van der Waals surface area contributed by atoms with Crippen LogP contribution in [0.15, 0.2) is 147 Å². The number of hydrogen-bond donors (Lipinski definition) is 0. The van der Waals surface area contributed by atoms with E-state index in [9.17, 15) is 0 Å². The molecule has 8 heteroatoms. The number of pyridine rings is 4. The lowest BCUT2D eigenvalue weighted by atomic mass is 9.79. The van der Waals surface area contributed by atoms with E-state index in [0.29, 0.717) is 52.1 Å². The Kier molecular flexibility index (Phi) is 15.6. The molecule has 4 heterocycles. The molecule has 76 heavy (non-hydrogen) atoms. The number of rotatable bonds is 12. The molecule has 0 spiro atoms. The van der Waals surface area contributed by atoms with Crippen molar-refractivity contribution in [3.8, 4) is 23.0 Å². The number of aromatic nitrogens is 4. The van der Waals surface area contributed by atoms with Crippen molar-refractivity contribution < 1.29 is 18.9 Å². The number of nitrogens with zero attached hydrogens (tertiary/aromatic N) is 4. The lowest BCUT2D eigenvalue weighted by molar-refractivity contribution is 0.292. The van der Waals surface area contributed by atoms with E-state index < -0.39 is 0 Å². The first-order valence-corrected chi connectivity index (χ1v) is 26.9. The molecule has 0 radical (unpaired) electrons. The van der Waals surface area contributed by atoms with Crippen molar-refractivity contribution in [2.24, 2.45) is 0 Å². The largest absolute Gasteiger partial charge is 0.488 e. The number of ether oxygens (including phenoxy) is 4. The van der Waals surface area contributed by atoms with Gasteiger partial charge in [-0.05, 0) is 159 Å². The molecular formula is C68H76N4O4. The molecule has 0 saturated carbocycles. The van der Waals surface area contributed by atoms with Crippen molar-refractivity contribution in [3.05, 3.63) is 236 Å². The average molecular weight is 1010 g/mol. The Morgan fingerprint density at radius 2 is 0.434 bits per heavy atom. The first-order valence-electron chi connectivity index (χ1n) is 26.9. The van der Waals surface area contributed by atoms with E-state index in [1.807, 2.05) is 98.1 Å². The average Bonchev–Trinajstić information content (AvgIpc) is 3.41. The number of hydrogen-bond acceptors (Lipinski definition) is 8. The summed E-state index contributed by atoms with van der Waals surface area (Å²) in [6, 6.07) is 35.3. The molecule has 4 aromatic carbocycles. The van der Waals surface area contributed by atoms with E-state index in [0.717, 1.165) is 89.8 Å². The normalized spacial score (nSPS) is 13.0. The minimum atomic E-state index is -0.188. The molecule has 9 rings (SSSR count). The van der Waals surface area contributed by atoms with Crippen molar-refractivity contribution in [1.29, 1.82) is 0 Å². The van der Waals surface area contributed by atoms with Gasteiger partial charge in [-0.2, -0.15) is 0 Å². The Hall–Kier alpha value is -7.32. The zero-order valence-corrected chi connectivity index (χ0v) is 46.9. The second-order valence-corrected chi connectivity index (χ2v) is 24.8. The standard InChI is InChI=1S/C68H76N4O4/c1-65(2,3)57-33-49-29-51-35-58(66(4,5)6)37-53(62(51)74-42-46-15-23-70-24-16-46)31-55-39-60(68(10,11)12)40-56(64(55)76-44-48-19-27-72-28-20-48)32-54-38-59(67(7,8)9)36-52(63(54)75-43-47-17-25-71-26-18-47)30-50(34-57)61(49)73-41-45-13-21-69-22-14-45/h13-28,33-40H,29-32,41-44H2,1-12H3. The van der Waals surface area contributed by atoms with Gasteiger partial charge in [0.2, 0.25) is 0 Å². The Morgan fingerprint density at radius 1 is 0.276 bits per heavy atom. The van der Waals surface area contributed by atoms with Crippen molar-refractivity contribution in [3.63, 3.8) is 0 Å². The molecule has 8 nitrogen and oxygen atoms in total. The number of benzene rings is 4. The van der Waals surface area contributed by atoms with Gasteiger partial charge in [0.1, 0.15) is 49.4 Å². The Morgan fingerprint density at radius 3 is 0.579 bits per heavy atom. The molecular weight excluding hydrogens is 937 g/mol. The van der Waals surface area contributed by atoms with Crippen LogP contribution >= 0.6 is 0 Å². The molecule has 1 aliphatic rings. The van der Waals surface area contributed by atoms with Crippen LogP contribution in [0.3, 0.4) is 0 Å². The first kappa shape index (κ1) is 53.5. The second-order valence-electron chi connectivity index (χ2n) is 24.8. The summed E-state index contributed by atoms with van der Waals surface area (Å²) in [7, 11) is 0. The zero-order chi connectivity index (χ0) is 53.8. The lowest BCUT2D eigenvalue weighted by Gasteiger charge is -2.29. The van der Waals surface area contributed by atoms with Crippen LogP contribution < -0.4 is 18.9 Å². The zero-order valence-electron chi connectivity index (χ0n) is 46.9. The van der Waals surface area contributed by atoms with Crippen molar-refractivity contribution >= 4 is 0 Å². The quantitative estimate of drug-likeness (QED) is 0.120. The summed E-state index contributed by atoms with van der Waals surface area (Å²) >= 11 is 0. The van der Waals surface area contributed by atoms with Gasteiger partial charge in [0.25, 0.3) is 0 Å². The van der Waals surface area contributed by atoms with Gasteiger partial charge in [0.15, 0.2) is 0 Å². The van der Waals surface area contributed by atoms with E-state index in [2.05, 4.69) is 152 Å². The maximum atomic E-state index is 7.26. The molecule has 0 N–H and O–H groups in total. The van der Waals surface area contributed by atoms with Crippen LogP contribution in [0.5, 0.6) is 23.0 Å². The number of fused-ring (bicyclic) bond motifs is 8. The van der Waals surface area contributed by atoms with Crippen LogP contribution in [0, 0.1) is 0 Å². The minimum absolute atomic E-state index is 0.188. The Bertz CT molecular complexity index is 2740. The van der Waals surface area contributed by atoms with Gasteiger partial charge in [-0.1, -0.05) is 132 Å². The molecule has 8 bridgehead atoms. The van der Waals surface area contributed by atoms with Gasteiger partial charge in [0.05, 0.1) is 0 Å². The third kappa shape index (κ3) is 13.0. The summed E-state index contributed by atoms with van der Waals surface area (Å²) in [4.78, 5) is 17.4. The van der Waals surface area contributed by atoms with E-state index in [1.165, 1.54) is 22.3 Å². The fraction of sp³-hybridized carbons (Fsp3) is 0.353. The molecule has 0 aliphatic heterocycles. The summed E-state index contributed by atoms with van der Waals surface area (Å²) in [6.45, 7) is 29.1. The fourth-order valence-electron chi connectivity index (χ4n) is 9.90. The molecule has 0 unspecified atom stereocenters. The molecule has 1 aliphatic carbocycles. The Labute approximate surface area is 452 Å². The fourth-order valence-corrected chi connectivity index (χ4v) is 9.90. The van der Waals surface area contributed by atoms with Crippen LogP contribution in [-0.4, -0.2) is 19.9 Å². The van der Waals surface area contributed by atoms with E-state index in [4.69, 9.17) is 18.9 Å². The van der Waals surface area contributed by atoms with Gasteiger partial charge < -0.3 is 18.9 Å². The van der Waals surface area contributed by atoms with Crippen molar-refractivity contribution in [1.82, 2.24) is 19.9 Å². The SMILES string of the molecule is CC(C)(C)c1cc2c(OCc3ccncc3)c(c1)Cc1cc(C(C)(C)C)cc(c1OCc1ccncc1)Cc1cc(C(C)(C)C)cc(c1OCc1ccncc1)Cc1cc(C(C)(C)C)cc(c1OCc1ccncc1)C2. The third-order valence-corrected chi connectivity index (χ3v) is 14.5. The van der Waals surface area contributed by atoms with E-state index in [-0.39, 0.29) is 21.7 Å². The smallest absolute Gasteiger partial charge is 0.126 e. The molecule has 0 saturated heterocycles. The Balaban J connectivity index is 1.38. The minimum Gasteiger partial charge on any atom is -0.488 e. The summed E-state index contributed by atoms with van der Waals surface area (Å²) in [5, 5.41) is 0. The predicted molar refractivity (Wildman–Crippen MR) is 306 cm³/mol. The summed E-state index contributed by atoms with van der Waals surface area (Å²) in [5.41, 5.74) is 17.1. The molecule has 0 fully saturated rings. The highest BCUT2D eigenvalue weighted by Gasteiger charge is 2.30. The van der Waals surface area contributed by atoms with Gasteiger partial charge in [0, 0.05) is 75.3 Å². The van der Waals surface area contributed by atoms with Crippen LogP contribution in [0.4, 0.5) is 0 Å². The van der Waals surface area contributed by atoms with Crippen LogP contribution in [0.2, 0.25) is 0 Å². The van der Waals surface area contributed by atoms with Crippen LogP contribution in [-0.2, 0) is 73.8 Å². The maximum absolute atomic E-state index is 7.26. The monoisotopic (exact) mass is 1010 g/mol. The summed E-state index contributed by atoms with van der Waals surface area (Å²) in [5.74, 6) is 3.48. The topological polar surface area (TPSA) is 88.5 Å². The molecule has 392 valence electrons. The molecule has 8 aromatic rings. The van der Waals surface area contributed by atoms with E-state index in [1.54, 1.807) is 0 Å². The summed E-state index contributed by atoms with van der Waals surface area (Å²) < 4.78 is 29.0. The van der Waals surface area contributed by atoms with Gasteiger partial charge in [-0.3, -0.25) is 19.9 Å². The second kappa shape index (κ2) is 22.1. The van der Waals surface area contributed by atoms with Gasteiger partial charge in [-0.15, -0.1) is 0 Å². The molecule has 0 atom stereocenters. The first-order chi connectivity index (χ1) is 36.2. The van der Waals surface area contributed by atoms with Gasteiger partial charge in [-0.25, -0.2) is 0 Å². The van der Waals surface area contributed by atoms with Crippen molar-refractivity contribution in [2.75, 3.05) is 0 Å². The molecule has 4 aromatic heterocycles. The van der Waals surface area contributed by atoms with Crippen LogP contribution in [0.25, 0.3) is 0 Å². The highest BCUT2D eigenvalue weighted by Crippen LogP contribution is 2.45. The van der Waals surface area contributed by atoms with E-state index >= 15 is 0 Å². The molecule has 0 amide bonds. The highest BCUT2D eigenvalue weighted by molar-refractivity contribution is 5.60. The highest BCUT2D eigenvalue weighted by atomic mass is 16.5. The third-order valence-electron chi connectivity index (χ3n) is 14.5.